The summed E-state index contributed by atoms with van der Waals surface area (Å²) in [6, 6.07) is 25.4. The lowest BCUT2D eigenvalue weighted by atomic mass is 10.0. The molecular formula is C24H19NO3. The zero-order chi connectivity index (χ0) is 19.3. The van der Waals surface area contributed by atoms with E-state index in [1.54, 1.807) is 6.08 Å². The summed E-state index contributed by atoms with van der Waals surface area (Å²) in [7, 11) is 0. The number of carbonyl (C=O) groups excluding carboxylic acids is 1. The summed E-state index contributed by atoms with van der Waals surface area (Å²) in [6.07, 6.45) is 1.78. The second kappa shape index (κ2) is 7.92. The zero-order valence-corrected chi connectivity index (χ0v) is 15.5. The maximum atomic E-state index is 12.1. The maximum Gasteiger partial charge on any atom is 0.368 e. The Hall–Kier alpha value is -3.66. The summed E-state index contributed by atoms with van der Waals surface area (Å²) in [5, 5.41) is 3.93. The molecule has 0 unspecified atom stereocenters. The van der Waals surface area contributed by atoms with Gasteiger partial charge in [0.15, 0.2) is 0 Å². The topological polar surface area (TPSA) is 47.9 Å². The van der Waals surface area contributed by atoms with E-state index in [0.29, 0.717) is 17.9 Å². The van der Waals surface area contributed by atoms with E-state index in [9.17, 15) is 4.79 Å². The van der Waals surface area contributed by atoms with Crippen LogP contribution in [0.1, 0.15) is 22.3 Å². The third kappa shape index (κ3) is 4.01. The van der Waals surface area contributed by atoms with Gasteiger partial charge in [0, 0.05) is 5.56 Å². The molecule has 3 aromatic rings. The summed E-state index contributed by atoms with van der Waals surface area (Å²) in [4.78, 5) is 17.0. The molecule has 0 spiro atoms. The van der Waals surface area contributed by atoms with E-state index in [-0.39, 0.29) is 0 Å². The Morgan fingerprint density at radius 2 is 1.75 bits per heavy atom. The molecule has 0 fully saturated rings. The van der Waals surface area contributed by atoms with Crippen molar-refractivity contribution in [3.8, 4) is 5.75 Å². The van der Waals surface area contributed by atoms with Crippen LogP contribution in [-0.4, -0.2) is 11.7 Å². The number of rotatable bonds is 5. The van der Waals surface area contributed by atoms with Crippen molar-refractivity contribution >= 4 is 17.8 Å². The Balaban J connectivity index is 1.49. The summed E-state index contributed by atoms with van der Waals surface area (Å²) >= 11 is 0. The first kappa shape index (κ1) is 17.7. The third-order valence-electron chi connectivity index (χ3n) is 4.42. The number of hydrogen-bond donors (Lipinski definition) is 0. The van der Waals surface area contributed by atoms with Crippen molar-refractivity contribution in [3.63, 3.8) is 0 Å². The minimum absolute atomic E-state index is 0.444. The van der Waals surface area contributed by atoms with Gasteiger partial charge in [0.1, 0.15) is 18.1 Å². The van der Waals surface area contributed by atoms with E-state index in [1.165, 1.54) is 5.56 Å². The smallest absolute Gasteiger partial charge is 0.368 e. The summed E-state index contributed by atoms with van der Waals surface area (Å²) < 4.78 is 5.85. The molecule has 4 nitrogen and oxygen atoms in total. The molecule has 0 N–H and O–H groups in total. The normalized spacial score (nSPS) is 14.7. The number of ether oxygens (including phenoxy) is 1. The molecule has 138 valence electrons. The molecule has 0 atom stereocenters. The molecule has 0 aliphatic carbocycles. The van der Waals surface area contributed by atoms with Crippen molar-refractivity contribution < 1.29 is 14.4 Å². The molecule has 4 rings (SSSR count). The SMILES string of the molecule is Cc1cccc(COc2ccc(/C=C3/C(=O)ON=C3c3ccccc3)cc2)c1. The third-order valence-corrected chi connectivity index (χ3v) is 4.42. The van der Waals surface area contributed by atoms with Crippen molar-refractivity contribution in [3.05, 3.63) is 107 Å². The summed E-state index contributed by atoms with van der Waals surface area (Å²) in [5.41, 5.74) is 5.05. The van der Waals surface area contributed by atoms with Gasteiger partial charge in [0.2, 0.25) is 0 Å². The van der Waals surface area contributed by atoms with Gasteiger partial charge in [-0.3, -0.25) is 0 Å². The Labute approximate surface area is 163 Å². The minimum Gasteiger partial charge on any atom is -0.489 e. The molecule has 0 amide bonds. The van der Waals surface area contributed by atoms with Crippen LogP contribution in [0.4, 0.5) is 0 Å². The molecule has 3 aromatic carbocycles. The molecule has 4 heteroatoms. The predicted octanol–water partition coefficient (Wildman–Crippen LogP) is 4.92. The van der Waals surface area contributed by atoms with Crippen molar-refractivity contribution in [1.82, 2.24) is 0 Å². The molecular weight excluding hydrogens is 350 g/mol. The van der Waals surface area contributed by atoms with Crippen LogP contribution in [0.5, 0.6) is 5.75 Å². The maximum absolute atomic E-state index is 12.1. The number of benzene rings is 3. The van der Waals surface area contributed by atoms with E-state index in [4.69, 9.17) is 9.57 Å². The molecule has 1 aliphatic rings. The Bertz CT molecular complexity index is 1050. The summed E-state index contributed by atoms with van der Waals surface area (Å²) in [6.45, 7) is 2.58. The Morgan fingerprint density at radius 3 is 2.50 bits per heavy atom. The van der Waals surface area contributed by atoms with E-state index < -0.39 is 5.97 Å². The van der Waals surface area contributed by atoms with Crippen molar-refractivity contribution in [2.24, 2.45) is 5.16 Å². The fourth-order valence-electron chi connectivity index (χ4n) is 3.01. The van der Waals surface area contributed by atoms with Gasteiger partial charge >= 0.3 is 5.97 Å². The Kier molecular flexibility index (Phi) is 5.02. The first-order valence-electron chi connectivity index (χ1n) is 9.04. The highest BCUT2D eigenvalue weighted by Crippen LogP contribution is 2.22. The van der Waals surface area contributed by atoms with Crippen LogP contribution in [0.15, 0.2) is 89.6 Å². The van der Waals surface area contributed by atoms with E-state index in [1.807, 2.05) is 66.7 Å². The van der Waals surface area contributed by atoms with Gasteiger partial charge in [0.05, 0.1) is 5.57 Å². The zero-order valence-electron chi connectivity index (χ0n) is 15.5. The van der Waals surface area contributed by atoms with E-state index >= 15 is 0 Å². The first-order chi connectivity index (χ1) is 13.7. The average Bonchev–Trinajstić information content (AvgIpc) is 3.08. The largest absolute Gasteiger partial charge is 0.489 e. The lowest BCUT2D eigenvalue weighted by molar-refractivity contribution is -0.136. The number of carbonyl (C=O) groups is 1. The standard InChI is InChI=1S/C24H19NO3/c1-17-6-5-7-19(14-17)16-27-21-12-10-18(11-13-21)15-22-23(25-28-24(22)26)20-8-3-2-4-9-20/h2-15H,16H2,1H3/b22-15+. The van der Waals surface area contributed by atoms with Gasteiger partial charge in [-0.15, -0.1) is 0 Å². The molecule has 0 aromatic heterocycles. The lowest BCUT2D eigenvalue weighted by Gasteiger charge is -2.07. The quantitative estimate of drug-likeness (QED) is 0.474. The highest BCUT2D eigenvalue weighted by Gasteiger charge is 2.26. The van der Waals surface area contributed by atoms with Crippen LogP contribution < -0.4 is 4.74 Å². The predicted molar refractivity (Wildman–Crippen MR) is 109 cm³/mol. The average molecular weight is 369 g/mol. The van der Waals surface area contributed by atoms with Crippen LogP contribution >= 0.6 is 0 Å². The van der Waals surface area contributed by atoms with Gasteiger partial charge in [-0.05, 0) is 36.3 Å². The van der Waals surface area contributed by atoms with E-state index in [2.05, 4.69) is 24.2 Å². The highest BCUT2D eigenvalue weighted by molar-refractivity contribution is 6.31. The minimum atomic E-state index is -0.446. The van der Waals surface area contributed by atoms with Crippen molar-refractivity contribution in [2.75, 3.05) is 0 Å². The number of oxime groups is 1. The van der Waals surface area contributed by atoms with Crippen LogP contribution in [0, 0.1) is 6.92 Å². The summed E-state index contributed by atoms with van der Waals surface area (Å²) in [5.74, 6) is 0.327. The number of hydrogen-bond acceptors (Lipinski definition) is 4. The fraction of sp³-hybridized carbons (Fsp3) is 0.0833. The van der Waals surface area contributed by atoms with Gasteiger partial charge in [-0.1, -0.05) is 77.4 Å². The molecule has 1 aliphatic heterocycles. The molecule has 0 saturated heterocycles. The molecule has 0 saturated carbocycles. The monoisotopic (exact) mass is 369 g/mol. The Morgan fingerprint density at radius 1 is 0.964 bits per heavy atom. The molecule has 0 radical (unpaired) electrons. The van der Waals surface area contributed by atoms with Crippen molar-refractivity contribution in [2.45, 2.75) is 13.5 Å². The molecule has 1 heterocycles. The lowest BCUT2D eigenvalue weighted by Crippen LogP contribution is -2.06. The highest BCUT2D eigenvalue weighted by atomic mass is 16.7. The van der Waals surface area contributed by atoms with Crippen LogP contribution in [0.3, 0.4) is 0 Å². The molecule has 28 heavy (non-hydrogen) atoms. The fourth-order valence-corrected chi connectivity index (χ4v) is 3.01. The van der Waals surface area contributed by atoms with Crippen LogP contribution in [0.25, 0.3) is 6.08 Å². The number of aryl methyl sites for hydroxylation is 1. The molecule has 0 bridgehead atoms. The van der Waals surface area contributed by atoms with Crippen molar-refractivity contribution in [1.29, 1.82) is 0 Å². The van der Waals surface area contributed by atoms with Crippen LogP contribution in [0.2, 0.25) is 0 Å². The van der Waals surface area contributed by atoms with Gasteiger partial charge < -0.3 is 9.57 Å². The van der Waals surface area contributed by atoms with Gasteiger partial charge in [0.25, 0.3) is 0 Å². The second-order valence-electron chi connectivity index (χ2n) is 6.59. The number of nitrogens with zero attached hydrogens (tertiary/aromatic N) is 1. The van der Waals surface area contributed by atoms with Crippen LogP contribution in [-0.2, 0) is 16.2 Å². The van der Waals surface area contributed by atoms with Gasteiger partial charge in [-0.25, -0.2) is 4.79 Å². The first-order valence-corrected chi connectivity index (χ1v) is 9.04. The van der Waals surface area contributed by atoms with Gasteiger partial charge in [-0.2, -0.15) is 0 Å². The van der Waals surface area contributed by atoms with E-state index in [0.717, 1.165) is 22.4 Å². The second-order valence-corrected chi connectivity index (χ2v) is 6.59.